The van der Waals surface area contributed by atoms with Gasteiger partial charge in [-0.3, -0.25) is 0 Å². The number of nitrogens with zero attached hydrogens (tertiary/aromatic N) is 3. The Morgan fingerprint density at radius 1 is 0.850 bits per heavy atom. The molecule has 4 heteroatoms. The van der Waals surface area contributed by atoms with Gasteiger partial charge in [-0.2, -0.15) is 5.10 Å². The van der Waals surface area contributed by atoms with Crippen LogP contribution in [0, 0.1) is 20.8 Å². The molecule has 0 unspecified atom stereocenters. The highest BCUT2D eigenvalue weighted by Crippen LogP contribution is 2.52. The molecule has 210 valence electrons. The van der Waals surface area contributed by atoms with Crippen LogP contribution in [0.1, 0.15) is 112 Å². The van der Waals surface area contributed by atoms with Crippen LogP contribution in [0.5, 0.6) is 0 Å². The zero-order chi connectivity index (χ0) is 29.3. The summed E-state index contributed by atoms with van der Waals surface area (Å²) in [5.74, 6) is 2.05. The van der Waals surface area contributed by atoms with Gasteiger partial charge in [0.25, 0.3) is 0 Å². The van der Waals surface area contributed by atoms with Gasteiger partial charge < -0.3 is 0 Å². The summed E-state index contributed by atoms with van der Waals surface area (Å²) in [6, 6.07) is 15.4. The lowest BCUT2D eigenvalue weighted by Gasteiger charge is -2.38. The molecule has 1 aliphatic rings. The van der Waals surface area contributed by atoms with Crippen LogP contribution in [0.15, 0.2) is 42.5 Å². The molecule has 4 aromatic rings. The fourth-order valence-electron chi connectivity index (χ4n) is 6.29. The second kappa shape index (κ2) is 9.68. The van der Waals surface area contributed by atoms with Crippen LogP contribution in [-0.2, 0) is 11.8 Å². The standard InChI is InChI=1S/C36H44FN3/c1-20(2)27-19-29(35(8,9)36(10,11)37)31(28-18-25-14-12-13-15-26(25)30(27)28)34-38-33(21(3)4)39-40(34)32-23(6)16-22(5)17-24(32)7/h12-17,19-21H,18H2,1-11H3. The van der Waals surface area contributed by atoms with E-state index in [4.69, 9.17) is 10.1 Å². The van der Waals surface area contributed by atoms with Crippen molar-refractivity contribution in [2.75, 3.05) is 0 Å². The second-order valence-electron chi connectivity index (χ2n) is 13.4. The van der Waals surface area contributed by atoms with Gasteiger partial charge in [-0.05, 0) is 91.5 Å². The first-order valence-corrected chi connectivity index (χ1v) is 14.7. The van der Waals surface area contributed by atoms with E-state index in [1.54, 1.807) is 13.8 Å². The minimum absolute atomic E-state index is 0.153. The molecule has 1 aromatic heterocycles. The predicted octanol–water partition coefficient (Wildman–Crippen LogP) is 9.70. The van der Waals surface area contributed by atoms with Crippen LogP contribution in [0.3, 0.4) is 0 Å². The molecule has 0 saturated heterocycles. The molecular formula is C36H44FN3. The zero-order valence-electron chi connectivity index (χ0n) is 26.1. The molecule has 0 saturated carbocycles. The van der Waals surface area contributed by atoms with Gasteiger partial charge in [0.1, 0.15) is 5.67 Å². The van der Waals surface area contributed by atoms with Gasteiger partial charge in [0.2, 0.25) is 0 Å². The lowest BCUT2D eigenvalue weighted by molar-refractivity contribution is 0.114. The number of aromatic nitrogens is 3. The molecule has 0 aliphatic heterocycles. The van der Waals surface area contributed by atoms with Crippen molar-refractivity contribution < 1.29 is 4.39 Å². The van der Waals surface area contributed by atoms with E-state index in [0.717, 1.165) is 46.0 Å². The van der Waals surface area contributed by atoms with E-state index in [9.17, 15) is 0 Å². The summed E-state index contributed by atoms with van der Waals surface area (Å²) in [4.78, 5) is 5.26. The van der Waals surface area contributed by atoms with E-state index in [1.807, 2.05) is 13.8 Å². The maximum absolute atomic E-state index is 16.2. The number of hydrogen-bond acceptors (Lipinski definition) is 2. The van der Waals surface area contributed by atoms with Gasteiger partial charge in [0.05, 0.1) is 5.69 Å². The highest BCUT2D eigenvalue weighted by atomic mass is 19.1. The quantitative estimate of drug-likeness (QED) is 0.216. The van der Waals surface area contributed by atoms with E-state index in [1.165, 1.54) is 33.4 Å². The lowest BCUT2D eigenvalue weighted by Crippen LogP contribution is -2.39. The first-order valence-electron chi connectivity index (χ1n) is 14.7. The van der Waals surface area contributed by atoms with Crippen LogP contribution in [0.2, 0.25) is 0 Å². The summed E-state index contributed by atoms with van der Waals surface area (Å²) in [7, 11) is 0. The Kier molecular flexibility index (Phi) is 6.84. The number of alkyl halides is 1. The summed E-state index contributed by atoms with van der Waals surface area (Å²) in [5.41, 5.74) is 10.8. The van der Waals surface area contributed by atoms with Crippen molar-refractivity contribution in [1.82, 2.24) is 14.8 Å². The van der Waals surface area contributed by atoms with Crippen molar-refractivity contribution in [3.8, 4) is 28.2 Å². The molecule has 1 heterocycles. The van der Waals surface area contributed by atoms with Crippen LogP contribution < -0.4 is 0 Å². The average molecular weight is 538 g/mol. The Balaban J connectivity index is 1.97. The molecule has 0 amide bonds. The smallest absolute Gasteiger partial charge is 0.164 e. The number of hydrogen-bond donors (Lipinski definition) is 0. The maximum Gasteiger partial charge on any atom is 0.164 e. The van der Waals surface area contributed by atoms with Crippen molar-refractivity contribution in [3.05, 3.63) is 87.2 Å². The largest absolute Gasteiger partial charge is 0.244 e. The molecular weight excluding hydrogens is 493 g/mol. The monoisotopic (exact) mass is 537 g/mol. The Hall–Kier alpha value is -3.27. The van der Waals surface area contributed by atoms with Gasteiger partial charge in [-0.15, -0.1) is 0 Å². The van der Waals surface area contributed by atoms with Gasteiger partial charge in [0.15, 0.2) is 11.6 Å². The summed E-state index contributed by atoms with van der Waals surface area (Å²) in [6.07, 6.45) is 0.799. The number of benzene rings is 3. The summed E-state index contributed by atoms with van der Waals surface area (Å²) < 4.78 is 18.2. The molecule has 3 nitrogen and oxygen atoms in total. The summed E-state index contributed by atoms with van der Waals surface area (Å²) in [6.45, 7) is 22.7. The highest BCUT2D eigenvalue weighted by molar-refractivity contribution is 5.88. The Morgan fingerprint density at radius 3 is 2.05 bits per heavy atom. The first-order chi connectivity index (χ1) is 18.6. The van der Waals surface area contributed by atoms with Crippen molar-refractivity contribution in [1.29, 1.82) is 0 Å². The van der Waals surface area contributed by atoms with E-state index in [2.05, 4.69) is 95.6 Å². The third kappa shape index (κ3) is 4.40. The topological polar surface area (TPSA) is 30.7 Å². The van der Waals surface area contributed by atoms with Crippen LogP contribution in [-0.4, -0.2) is 20.4 Å². The van der Waals surface area contributed by atoms with Crippen molar-refractivity contribution >= 4 is 0 Å². The van der Waals surface area contributed by atoms with Crippen molar-refractivity contribution in [2.24, 2.45) is 0 Å². The predicted molar refractivity (Wildman–Crippen MR) is 166 cm³/mol. The van der Waals surface area contributed by atoms with Crippen LogP contribution >= 0.6 is 0 Å². The van der Waals surface area contributed by atoms with Gasteiger partial charge >= 0.3 is 0 Å². The van der Waals surface area contributed by atoms with Crippen molar-refractivity contribution in [2.45, 2.75) is 106 Å². The number of rotatable bonds is 6. The fourth-order valence-corrected chi connectivity index (χ4v) is 6.29. The van der Waals surface area contributed by atoms with E-state index in [0.29, 0.717) is 0 Å². The Labute approximate surface area is 239 Å². The number of fused-ring (bicyclic) bond motifs is 3. The molecule has 5 rings (SSSR count). The molecule has 0 spiro atoms. The highest BCUT2D eigenvalue weighted by Gasteiger charge is 2.43. The molecule has 0 N–H and O–H groups in total. The Bertz CT molecular complexity index is 1590. The normalized spacial score (nSPS) is 13.3. The lowest BCUT2D eigenvalue weighted by atomic mass is 9.69. The van der Waals surface area contributed by atoms with Crippen LogP contribution in [0.4, 0.5) is 4.39 Å². The molecule has 0 radical (unpaired) electrons. The zero-order valence-corrected chi connectivity index (χ0v) is 26.1. The fraction of sp³-hybridized carbons (Fsp3) is 0.444. The van der Waals surface area contributed by atoms with Crippen LogP contribution in [0.25, 0.3) is 28.2 Å². The van der Waals surface area contributed by atoms with E-state index >= 15 is 4.39 Å². The molecule has 1 aliphatic carbocycles. The number of aryl methyl sites for hydroxylation is 3. The molecule has 3 aromatic carbocycles. The van der Waals surface area contributed by atoms with Crippen molar-refractivity contribution in [3.63, 3.8) is 0 Å². The average Bonchev–Trinajstić information content (AvgIpc) is 3.44. The van der Waals surface area contributed by atoms with Gasteiger partial charge in [0, 0.05) is 16.9 Å². The number of halogens is 1. The van der Waals surface area contributed by atoms with Gasteiger partial charge in [-0.25, -0.2) is 14.1 Å². The first kappa shape index (κ1) is 28.3. The molecule has 0 atom stereocenters. The Morgan fingerprint density at radius 2 is 1.48 bits per heavy atom. The maximum atomic E-state index is 16.2. The molecule has 40 heavy (non-hydrogen) atoms. The minimum atomic E-state index is -1.46. The van der Waals surface area contributed by atoms with E-state index < -0.39 is 11.1 Å². The molecule has 0 bridgehead atoms. The summed E-state index contributed by atoms with van der Waals surface area (Å²) >= 11 is 0. The third-order valence-corrected chi connectivity index (χ3v) is 9.11. The minimum Gasteiger partial charge on any atom is -0.244 e. The van der Waals surface area contributed by atoms with Gasteiger partial charge in [-0.1, -0.05) is 89.6 Å². The third-order valence-electron chi connectivity index (χ3n) is 9.11. The summed E-state index contributed by atoms with van der Waals surface area (Å²) in [5, 5.41) is 5.14. The van der Waals surface area contributed by atoms with E-state index in [-0.39, 0.29) is 11.8 Å². The molecule has 0 fully saturated rings. The SMILES string of the molecule is Cc1cc(C)c(-n2nc(C(C)C)nc2-c2c(C(C)(C)C(C)(C)F)cc(C(C)C)c3c2Cc2ccccc2-3)c(C)c1. The second-order valence-corrected chi connectivity index (χ2v) is 13.4.